The van der Waals surface area contributed by atoms with Crippen LogP contribution in [0.3, 0.4) is 0 Å². The number of piperazine rings is 1. The number of furan rings is 1. The van der Waals surface area contributed by atoms with Gasteiger partial charge in [0.15, 0.2) is 5.76 Å². The Balaban J connectivity index is 1.46. The fraction of sp³-hybridized carbons (Fsp3) is 0.350. The molecule has 0 bridgehead atoms. The van der Waals surface area contributed by atoms with Crippen molar-refractivity contribution < 1.29 is 9.21 Å². The standard InChI is InChI=1S/C20H23N5O2/c1-14-21-18(23(2)3)13-19(22-14)24-8-10-25(11-9-24)20(26)17-12-15-6-4-5-7-16(15)27-17/h4-7,12-13H,8-11H2,1-3H3. The summed E-state index contributed by atoms with van der Waals surface area (Å²) in [6.07, 6.45) is 0. The maximum absolute atomic E-state index is 12.8. The lowest BCUT2D eigenvalue weighted by Crippen LogP contribution is -2.49. The van der Waals surface area contributed by atoms with Crippen LogP contribution >= 0.6 is 0 Å². The third-order valence-electron chi connectivity index (χ3n) is 4.80. The molecule has 27 heavy (non-hydrogen) atoms. The van der Waals surface area contributed by atoms with Crippen LogP contribution in [0.2, 0.25) is 0 Å². The van der Waals surface area contributed by atoms with Gasteiger partial charge in [0.1, 0.15) is 23.0 Å². The third-order valence-corrected chi connectivity index (χ3v) is 4.80. The number of carbonyl (C=O) groups is 1. The highest BCUT2D eigenvalue weighted by Gasteiger charge is 2.25. The molecule has 140 valence electrons. The van der Waals surface area contributed by atoms with Gasteiger partial charge < -0.3 is 19.1 Å². The molecular weight excluding hydrogens is 342 g/mol. The molecule has 1 aliphatic heterocycles. The summed E-state index contributed by atoms with van der Waals surface area (Å²) in [5.41, 5.74) is 0.743. The molecule has 1 amide bonds. The van der Waals surface area contributed by atoms with Crippen molar-refractivity contribution >= 4 is 28.5 Å². The Kier molecular flexibility index (Phi) is 4.43. The largest absolute Gasteiger partial charge is 0.451 e. The number of para-hydroxylation sites is 1. The molecule has 3 heterocycles. The lowest BCUT2D eigenvalue weighted by molar-refractivity contribution is 0.0717. The van der Waals surface area contributed by atoms with E-state index in [4.69, 9.17) is 4.42 Å². The van der Waals surface area contributed by atoms with Gasteiger partial charge in [0.2, 0.25) is 0 Å². The first-order chi connectivity index (χ1) is 13.0. The van der Waals surface area contributed by atoms with Crippen LogP contribution in [0.5, 0.6) is 0 Å². The molecule has 7 nitrogen and oxygen atoms in total. The van der Waals surface area contributed by atoms with Crippen LogP contribution < -0.4 is 9.80 Å². The number of hydrogen-bond acceptors (Lipinski definition) is 6. The van der Waals surface area contributed by atoms with Crippen LogP contribution in [0, 0.1) is 6.92 Å². The van der Waals surface area contributed by atoms with Gasteiger partial charge in [-0.1, -0.05) is 18.2 Å². The summed E-state index contributed by atoms with van der Waals surface area (Å²) in [7, 11) is 3.94. The number of amides is 1. The van der Waals surface area contributed by atoms with Gasteiger partial charge in [-0.25, -0.2) is 9.97 Å². The summed E-state index contributed by atoms with van der Waals surface area (Å²) < 4.78 is 5.72. The molecule has 0 saturated carbocycles. The number of nitrogens with zero attached hydrogens (tertiary/aromatic N) is 5. The number of benzene rings is 1. The first-order valence-corrected chi connectivity index (χ1v) is 9.07. The van der Waals surface area contributed by atoms with Crippen molar-refractivity contribution in [2.45, 2.75) is 6.92 Å². The minimum atomic E-state index is -0.0568. The highest BCUT2D eigenvalue weighted by molar-refractivity contribution is 5.96. The molecule has 0 atom stereocenters. The molecule has 0 N–H and O–H groups in total. The second-order valence-electron chi connectivity index (χ2n) is 6.95. The van der Waals surface area contributed by atoms with E-state index in [1.165, 1.54) is 0 Å². The van der Waals surface area contributed by atoms with Crippen molar-refractivity contribution in [1.29, 1.82) is 0 Å². The Bertz CT molecular complexity index is 940. The van der Waals surface area contributed by atoms with Gasteiger partial charge in [0, 0.05) is 51.7 Å². The van der Waals surface area contributed by atoms with Gasteiger partial charge in [-0.15, -0.1) is 0 Å². The quantitative estimate of drug-likeness (QED) is 0.711. The second kappa shape index (κ2) is 6.90. The molecule has 0 aliphatic carbocycles. The summed E-state index contributed by atoms with van der Waals surface area (Å²) in [4.78, 5) is 27.8. The average molecular weight is 365 g/mol. The molecule has 0 unspecified atom stereocenters. The second-order valence-corrected chi connectivity index (χ2v) is 6.95. The topological polar surface area (TPSA) is 65.7 Å². The average Bonchev–Trinajstić information content (AvgIpc) is 3.11. The zero-order chi connectivity index (χ0) is 19.0. The van der Waals surface area contributed by atoms with Gasteiger partial charge >= 0.3 is 0 Å². The van der Waals surface area contributed by atoms with Crippen LogP contribution in [0.4, 0.5) is 11.6 Å². The van der Waals surface area contributed by atoms with Crippen molar-refractivity contribution in [3.05, 3.63) is 48.0 Å². The predicted octanol–water partition coefficient (Wildman–Crippen LogP) is 2.56. The number of fused-ring (bicyclic) bond motifs is 1. The predicted molar refractivity (Wildman–Crippen MR) is 105 cm³/mol. The van der Waals surface area contributed by atoms with Crippen LogP contribution in [0.1, 0.15) is 16.4 Å². The highest BCUT2D eigenvalue weighted by atomic mass is 16.3. The third kappa shape index (κ3) is 3.45. The smallest absolute Gasteiger partial charge is 0.289 e. The molecule has 1 aliphatic rings. The van der Waals surface area contributed by atoms with E-state index in [2.05, 4.69) is 14.9 Å². The van der Waals surface area contributed by atoms with Crippen molar-refractivity contribution in [3.63, 3.8) is 0 Å². The molecule has 1 aromatic carbocycles. The lowest BCUT2D eigenvalue weighted by atomic mass is 10.2. The number of rotatable bonds is 3. The fourth-order valence-electron chi connectivity index (χ4n) is 3.31. The summed E-state index contributed by atoms with van der Waals surface area (Å²) in [5, 5.41) is 0.951. The van der Waals surface area contributed by atoms with Crippen molar-refractivity contribution in [1.82, 2.24) is 14.9 Å². The molecular formula is C20H23N5O2. The van der Waals surface area contributed by atoms with E-state index in [1.54, 1.807) is 0 Å². The number of hydrogen-bond donors (Lipinski definition) is 0. The maximum Gasteiger partial charge on any atom is 0.289 e. The number of anilines is 2. The van der Waals surface area contributed by atoms with E-state index < -0.39 is 0 Å². The van der Waals surface area contributed by atoms with E-state index in [0.29, 0.717) is 18.8 Å². The fourth-order valence-corrected chi connectivity index (χ4v) is 3.31. The Morgan fingerprint density at radius 3 is 2.52 bits per heavy atom. The molecule has 0 spiro atoms. The summed E-state index contributed by atoms with van der Waals surface area (Å²) in [6.45, 7) is 4.63. The maximum atomic E-state index is 12.8. The van der Waals surface area contributed by atoms with Gasteiger partial charge in [0.25, 0.3) is 5.91 Å². The zero-order valence-corrected chi connectivity index (χ0v) is 15.8. The minimum absolute atomic E-state index is 0.0568. The van der Waals surface area contributed by atoms with Crippen LogP contribution in [0.15, 0.2) is 40.8 Å². The van der Waals surface area contributed by atoms with Gasteiger partial charge in [-0.3, -0.25) is 4.79 Å². The number of carbonyl (C=O) groups excluding carboxylic acids is 1. The first kappa shape index (κ1) is 17.3. The molecule has 1 saturated heterocycles. The van der Waals surface area contributed by atoms with E-state index in [0.717, 1.165) is 41.5 Å². The normalized spacial score (nSPS) is 14.6. The van der Waals surface area contributed by atoms with Crippen molar-refractivity contribution in [2.24, 2.45) is 0 Å². The summed E-state index contributed by atoms with van der Waals surface area (Å²) in [5.74, 6) is 2.88. The molecule has 3 aromatic rings. The monoisotopic (exact) mass is 365 g/mol. The Hall–Kier alpha value is -3.09. The van der Waals surface area contributed by atoms with Crippen molar-refractivity contribution in [3.8, 4) is 0 Å². The van der Waals surface area contributed by atoms with Gasteiger partial charge in [-0.2, -0.15) is 0 Å². The Morgan fingerprint density at radius 1 is 1.07 bits per heavy atom. The van der Waals surface area contributed by atoms with Crippen LogP contribution in [0.25, 0.3) is 11.0 Å². The number of aryl methyl sites for hydroxylation is 1. The highest BCUT2D eigenvalue weighted by Crippen LogP contribution is 2.22. The van der Waals surface area contributed by atoms with E-state index in [9.17, 15) is 4.79 Å². The molecule has 1 fully saturated rings. The Morgan fingerprint density at radius 2 is 1.81 bits per heavy atom. The SMILES string of the molecule is Cc1nc(N(C)C)cc(N2CCN(C(=O)c3cc4ccccc4o3)CC2)n1. The summed E-state index contributed by atoms with van der Waals surface area (Å²) in [6, 6.07) is 11.5. The molecule has 0 radical (unpaired) electrons. The van der Waals surface area contributed by atoms with Gasteiger partial charge in [-0.05, 0) is 19.1 Å². The number of aromatic nitrogens is 2. The molecule has 4 rings (SSSR count). The summed E-state index contributed by atoms with van der Waals surface area (Å²) >= 11 is 0. The van der Waals surface area contributed by atoms with Crippen LogP contribution in [-0.2, 0) is 0 Å². The first-order valence-electron chi connectivity index (χ1n) is 9.07. The molecule has 2 aromatic heterocycles. The minimum Gasteiger partial charge on any atom is -0.451 e. The molecule has 7 heteroatoms. The lowest BCUT2D eigenvalue weighted by Gasteiger charge is -2.35. The van der Waals surface area contributed by atoms with E-state index >= 15 is 0 Å². The Labute approximate surface area is 158 Å². The van der Waals surface area contributed by atoms with E-state index in [-0.39, 0.29) is 5.91 Å². The van der Waals surface area contributed by atoms with Gasteiger partial charge in [0.05, 0.1) is 0 Å². The van der Waals surface area contributed by atoms with Crippen LogP contribution in [-0.4, -0.2) is 61.0 Å². The van der Waals surface area contributed by atoms with E-state index in [1.807, 2.05) is 67.2 Å². The van der Waals surface area contributed by atoms with Crippen molar-refractivity contribution in [2.75, 3.05) is 50.1 Å². The zero-order valence-electron chi connectivity index (χ0n) is 15.8.